The number of nitrogens with zero attached hydrogens (tertiary/aromatic N) is 1. The Bertz CT molecular complexity index is 514. The second kappa shape index (κ2) is 5.17. The highest BCUT2D eigenvalue weighted by atomic mass is 32.2. The van der Waals surface area contributed by atoms with Crippen molar-refractivity contribution in [1.82, 2.24) is 4.90 Å². The molecule has 1 aromatic heterocycles. The number of hydrogen-bond acceptors (Lipinski definition) is 4. The van der Waals surface area contributed by atoms with E-state index in [0.29, 0.717) is 13.0 Å². The van der Waals surface area contributed by atoms with E-state index in [4.69, 9.17) is 0 Å². The number of thiophene rings is 1. The Morgan fingerprint density at radius 3 is 3.05 bits per heavy atom. The fourth-order valence-electron chi connectivity index (χ4n) is 2.79. The first-order valence-electron chi connectivity index (χ1n) is 6.39. The van der Waals surface area contributed by atoms with Crippen molar-refractivity contribution in [2.24, 2.45) is 0 Å². The Morgan fingerprint density at radius 1 is 1.42 bits per heavy atom. The van der Waals surface area contributed by atoms with Gasteiger partial charge < -0.3 is 10.0 Å². The number of carboxylic acid groups (broad SMARTS) is 1. The summed E-state index contributed by atoms with van der Waals surface area (Å²) in [6.07, 6.45) is 2.38. The molecule has 4 nitrogen and oxygen atoms in total. The molecule has 2 aliphatic rings. The lowest BCUT2D eigenvalue weighted by atomic mass is 10.1. The molecule has 102 valence electrons. The predicted octanol–water partition coefficient (Wildman–Crippen LogP) is 2.15. The molecule has 1 fully saturated rings. The summed E-state index contributed by atoms with van der Waals surface area (Å²) < 4.78 is 0. The summed E-state index contributed by atoms with van der Waals surface area (Å²) in [4.78, 5) is 26.7. The molecule has 3 rings (SSSR count). The van der Waals surface area contributed by atoms with E-state index in [9.17, 15) is 14.7 Å². The molecule has 0 saturated carbocycles. The average Bonchev–Trinajstić information content (AvgIpc) is 3.05. The molecule has 19 heavy (non-hydrogen) atoms. The Hall–Kier alpha value is -1.01. The number of aliphatic carboxylic acids is 1. The van der Waals surface area contributed by atoms with Crippen molar-refractivity contribution in [3.05, 3.63) is 21.9 Å². The zero-order valence-electron chi connectivity index (χ0n) is 10.4. The third-order valence-electron chi connectivity index (χ3n) is 3.72. The van der Waals surface area contributed by atoms with Crippen LogP contribution in [-0.2, 0) is 16.0 Å². The van der Waals surface area contributed by atoms with Crippen LogP contribution in [0.15, 0.2) is 11.4 Å². The van der Waals surface area contributed by atoms with Crippen molar-refractivity contribution in [1.29, 1.82) is 0 Å². The first-order valence-corrected chi connectivity index (χ1v) is 8.32. The lowest BCUT2D eigenvalue weighted by molar-refractivity contribution is -0.148. The summed E-state index contributed by atoms with van der Waals surface area (Å²) in [5.41, 5.74) is 1.10. The molecule has 0 aliphatic carbocycles. The van der Waals surface area contributed by atoms with Gasteiger partial charge in [-0.15, -0.1) is 23.1 Å². The number of likely N-dealkylation sites (tertiary alicyclic amines) is 1. The molecule has 3 heterocycles. The van der Waals surface area contributed by atoms with Crippen LogP contribution in [0.3, 0.4) is 0 Å². The van der Waals surface area contributed by atoms with Gasteiger partial charge in [-0.3, -0.25) is 4.79 Å². The topological polar surface area (TPSA) is 57.6 Å². The van der Waals surface area contributed by atoms with Gasteiger partial charge in [0.25, 0.3) is 0 Å². The Labute approximate surface area is 119 Å². The molecule has 1 aromatic rings. The Morgan fingerprint density at radius 2 is 2.26 bits per heavy atom. The molecule has 1 saturated heterocycles. The summed E-state index contributed by atoms with van der Waals surface area (Å²) in [6, 6.07) is 1.39. The molecule has 0 radical (unpaired) electrons. The fraction of sp³-hybridized carbons (Fsp3) is 0.538. The van der Waals surface area contributed by atoms with Crippen LogP contribution in [-0.4, -0.2) is 40.2 Å². The number of amides is 1. The number of carbonyl (C=O) groups excluding carboxylic acids is 1. The van der Waals surface area contributed by atoms with Gasteiger partial charge in [0.15, 0.2) is 0 Å². The molecule has 1 amide bonds. The molecular weight excluding hydrogens is 282 g/mol. The summed E-state index contributed by atoms with van der Waals surface area (Å²) in [5, 5.41) is 11.0. The highest BCUT2D eigenvalue weighted by Crippen LogP contribution is 2.41. The second-order valence-corrected chi connectivity index (χ2v) is 7.04. The van der Waals surface area contributed by atoms with Gasteiger partial charge in [-0.1, -0.05) is 0 Å². The summed E-state index contributed by atoms with van der Waals surface area (Å²) in [7, 11) is 0. The van der Waals surface area contributed by atoms with Crippen molar-refractivity contribution >= 4 is 35.0 Å². The first-order chi connectivity index (χ1) is 9.18. The standard InChI is InChI=1S/C13H15NO3S2/c15-12(14-5-1-2-9(14)13(16)17)11-8-3-6-18-10(8)4-7-19-11/h3,6,9,11H,1-2,4-5,7H2,(H,16,17). The minimum Gasteiger partial charge on any atom is -0.480 e. The van der Waals surface area contributed by atoms with Crippen molar-refractivity contribution in [2.45, 2.75) is 30.6 Å². The number of carboxylic acids is 1. The molecular formula is C13H15NO3S2. The molecule has 0 bridgehead atoms. The highest BCUT2D eigenvalue weighted by molar-refractivity contribution is 8.00. The van der Waals surface area contributed by atoms with E-state index in [1.807, 2.05) is 11.4 Å². The number of aryl methyl sites for hydroxylation is 1. The number of fused-ring (bicyclic) bond motifs is 1. The quantitative estimate of drug-likeness (QED) is 0.909. The molecule has 2 atom stereocenters. The van der Waals surface area contributed by atoms with Gasteiger partial charge in [0.2, 0.25) is 5.91 Å². The number of hydrogen-bond donors (Lipinski definition) is 1. The van der Waals surface area contributed by atoms with Crippen LogP contribution < -0.4 is 0 Å². The van der Waals surface area contributed by atoms with Gasteiger partial charge in [0.05, 0.1) is 0 Å². The SMILES string of the molecule is O=C(O)C1CCCN1C(=O)C1SCCc2sccc21. The van der Waals surface area contributed by atoms with Gasteiger partial charge in [-0.25, -0.2) is 4.79 Å². The minimum absolute atomic E-state index is 0.0192. The lowest BCUT2D eigenvalue weighted by Crippen LogP contribution is -2.42. The molecule has 6 heteroatoms. The maximum Gasteiger partial charge on any atom is 0.326 e. The number of carbonyl (C=O) groups is 2. The third kappa shape index (κ3) is 2.27. The minimum atomic E-state index is -0.878. The van der Waals surface area contributed by atoms with Gasteiger partial charge in [-0.2, -0.15) is 0 Å². The van der Waals surface area contributed by atoms with Crippen molar-refractivity contribution in [3.63, 3.8) is 0 Å². The van der Waals surface area contributed by atoms with Gasteiger partial charge >= 0.3 is 5.97 Å². The zero-order valence-corrected chi connectivity index (χ0v) is 12.0. The van der Waals surface area contributed by atoms with E-state index in [0.717, 1.165) is 24.2 Å². The van der Waals surface area contributed by atoms with Crippen LogP contribution in [0.5, 0.6) is 0 Å². The smallest absolute Gasteiger partial charge is 0.326 e. The summed E-state index contributed by atoms with van der Waals surface area (Å²) >= 11 is 3.34. The van der Waals surface area contributed by atoms with Crippen molar-refractivity contribution < 1.29 is 14.7 Å². The summed E-state index contributed by atoms with van der Waals surface area (Å²) in [6.45, 7) is 0.576. The molecule has 2 aliphatic heterocycles. The monoisotopic (exact) mass is 297 g/mol. The van der Waals surface area contributed by atoms with E-state index in [1.165, 1.54) is 4.88 Å². The van der Waals surface area contributed by atoms with Gasteiger partial charge in [-0.05, 0) is 42.0 Å². The van der Waals surface area contributed by atoms with Crippen LogP contribution >= 0.6 is 23.1 Å². The van der Waals surface area contributed by atoms with Crippen LogP contribution in [0.2, 0.25) is 0 Å². The fourth-order valence-corrected chi connectivity index (χ4v) is 5.15. The largest absolute Gasteiger partial charge is 0.480 e. The van der Waals surface area contributed by atoms with E-state index in [2.05, 4.69) is 0 Å². The van der Waals surface area contributed by atoms with Crippen LogP contribution in [0.4, 0.5) is 0 Å². The van der Waals surface area contributed by atoms with E-state index in [1.54, 1.807) is 28.0 Å². The highest BCUT2D eigenvalue weighted by Gasteiger charge is 2.39. The molecule has 0 aromatic carbocycles. The Balaban J connectivity index is 1.84. The maximum absolute atomic E-state index is 12.6. The van der Waals surface area contributed by atoms with Crippen molar-refractivity contribution in [2.75, 3.05) is 12.3 Å². The Kier molecular flexibility index (Phi) is 3.54. The number of rotatable bonds is 2. The average molecular weight is 297 g/mol. The van der Waals surface area contributed by atoms with Crippen LogP contribution in [0.25, 0.3) is 0 Å². The van der Waals surface area contributed by atoms with Gasteiger partial charge in [0.1, 0.15) is 11.3 Å². The third-order valence-corrected chi connectivity index (χ3v) is 5.95. The molecule has 2 unspecified atom stereocenters. The molecule has 0 spiro atoms. The zero-order chi connectivity index (χ0) is 13.4. The van der Waals surface area contributed by atoms with Crippen LogP contribution in [0, 0.1) is 0 Å². The normalized spacial score (nSPS) is 26.2. The van der Waals surface area contributed by atoms with E-state index < -0.39 is 12.0 Å². The second-order valence-electron chi connectivity index (χ2n) is 4.83. The predicted molar refractivity (Wildman–Crippen MR) is 75.6 cm³/mol. The van der Waals surface area contributed by atoms with E-state index in [-0.39, 0.29) is 11.2 Å². The van der Waals surface area contributed by atoms with Crippen LogP contribution in [0.1, 0.15) is 28.5 Å². The lowest BCUT2D eigenvalue weighted by Gasteiger charge is -2.28. The summed E-state index contributed by atoms with van der Waals surface area (Å²) in [5.74, 6) is 0.0432. The van der Waals surface area contributed by atoms with Gasteiger partial charge in [0, 0.05) is 11.4 Å². The molecule has 1 N–H and O–H groups in total. The number of thioether (sulfide) groups is 1. The van der Waals surface area contributed by atoms with Crippen molar-refractivity contribution in [3.8, 4) is 0 Å². The first kappa shape index (κ1) is 13.0. The maximum atomic E-state index is 12.6. The van der Waals surface area contributed by atoms with E-state index >= 15 is 0 Å².